The molecule has 1 heterocycles. The van der Waals surface area contributed by atoms with Gasteiger partial charge in [0.25, 0.3) is 0 Å². The predicted molar refractivity (Wildman–Crippen MR) is 70.8 cm³/mol. The van der Waals surface area contributed by atoms with Gasteiger partial charge in [0, 0.05) is 32.7 Å². The van der Waals surface area contributed by atoms with Gasteiger partial charge in [0.1, 0.15) is 0 Å². The first-order valence-corrected chi connectivity index (χ1v) is 8.13. The molecule has 1 rings (SSSR count). The van der Waals surface area contributed by atoms with E-state index in [1.807, 2.05) is 0 Å². The summed E-state index contributed by atoms with van der Waals surface area (Å²) in [5.41, 5.74) is 0. The monoisotopic (exact) mass is 294 g/mol. The molecule has 19 heavy (non-hydrogen) atoms. The van der Waals surface area contributed by atoms with Crippen molar-refractivity contribution < 1.29 is 22.7 Å². The Bertz CT molecular complexity index is 371. The summed E-state index contributed by atoms with van der Waals surface area (Å²) in [6.07, 6.45) is 0.178. The Hall–Kier alpha value is -0.700. The van der Waals surface area contributed by atoms with Crippen LogP contribution in [-0.4, -0.2) is 71.9 Å². The van der Waals surface area contributed by atoms with Gasteiger partial charge in [-0.2, -0.15) is 0 Å². The number of sulfone groups is 1. The van der Waals surface area contributed by atoms with Crippen molar-refractivity contribution in [3.63, 3.8) is 0 Å². The van der Waals surface area contributed by atoms with Crippen molar-refractivity contribution in [2.75, 3.05) is 51.5 Å². The molecule has 1 fully saturated rings. The maximum absolute atomic E-state index is 11.6. The minimum absolute atomic E-state index is 0.0325. The zero-order valence-electron chi connectivity index (χ0n) is 11.2. The number of hydrogen-bond donors (Lipinski definition) is 2. The van der Waals surface area contributed by atoms with Crippen LogP contribution in [0.3, 0.4) is 0 Å². The normalized spacial score (nSPS) is 22.1. The Balaban J connectivity index is 2.10. The molecule has 7 nitrogen and oxygen atoms in total. The van der Waals surface area contributed by atoms with E-state index in [4.69, 9.17) is 9.47 Å². The summed E-state index contributed by atoms with van der Waals surface area (Å²) >= 11 is 0. The molecule has 1 amide bonds. The van der Waals surface area contributed by atoms with Crippen LogP contribution in [0.5, 0.6) is 0 Å². The van der Waals surface area contributed by atoms with Gasteiger partial charge in [0.2, 0.25) is 5.91 Å². The summed E-state index contributed by atoms with van der Waals surface area (Å²) in [5.74, 6) is 0.0217. The Labute approximate surface area is 113 Å². The van der Waals surface area contributed by atoms with Gasteiger partial charge in [-0.1, -0.05) is 0 Å². The van der Waals surface area contributed by atoms with Crippen LogP contribution in [0.4, 0.5) is 0 Å². The van der Waals surface area contributed by atoms with Crippen LogP contribution in [-0.2, 0) is 24.1 Å². The zero-order chi connectivity index (χ0) is 14.1. The van der Waals surface area contributed by atoms with Gasteiger partial charge >= 0.3 is 0 Å². The Morgan fingerprint density at radius 1 is 1.37 bits per heavy atom. The largest absolute Gasteiger partial charge is 0.382 e. The topological polar surface area (TPSA) is 93.7 Å². The van der Waals surface area contributed by atoms with E-state index in [-0.39, 0.29) is 29.9 Å². The van der Waals surface area contributed by atoms with Crippen LogP contribution < -0.4 is 10.6 Å². The molecule has 0 aromatic heterocycles. The standard InChI is InChI=1S/C11H22N2O5S/c1-17-5-6-18-4-2-13-11(14)8-10-9-19(15,16)7-3-12-10/h10,12H,2-9H2,1H3,(H,13,14). The van der Waals surface area contributed by atoms with Gasteiger partial charge in [-0.25, -0.2) is 8.42 Å². The molecule has 8 heteroatoms. The first-order chi connectivity index (χ1) is 9.03. The summed E-state index contributed by atoms with van der Waals surface area (Å²) in [4.78, 5) is 11.6. The van der Waals surface area contributed by atoms with E-state index in [2.05, 4.69) is 10.6 Å². The molecule has 2 N–H and O–H groups in total. The molecular formula is C11H22N2O5S. The van der Waals surface area contributed by atoms with Gasteiger partial charge in [0.15, 0.2) is 9.84 Å². The van der Waals surface area contributed by atoms with E-state index in [1.165, 1.54) is 0 Å². The van der Waals surface area contributed by atoms with Crippen LogP contribution in [0.2, 0.25) is 0 Å². The Morgan fingerprint density at radius 2 is 2.16 bits per heavy atom. The molecule has 0 radical (unpaired) electrons. The molecule has 1 atom stereocenters. The van der Waals surface area contributed by atoms with Crippen molar-refractivity contribution >= 4 is 15.7 Å². The molecular weight excluding hydrogens is 272 g/mol. The average Bonchev–Trinajstić information content (AvgIpc) is 2.32. The maximum atomic E-state index is 11.6. The molecule has 112 valence electrons. The van der Waals surface area contributed by atoms with E-state index in [9.17, 15) is 13.2 Å². The number of rotatable bonds is 8. The molecule has 0 saturated carbocycles. The van der Waals surface area contributed by atoms with Gasteiger partial charge in [-0.05, 0) is 0 Å². The second-order valence-corrected chi connectivity index (χ2v) is 6.65. The van der Waals surface area contributed by atoms with Crippen molar-refractivity contribution in [2.45, 2.75) is 12.5 Å². The van der Waals surface area contributed by atoms with E-state index >= 15 is 0 Å². The van der Waals surface area contributed by atoms with E-state index in [0.717, 1.165) is 0 Å². The molecule has 1 aliphatic heterocycles. The van der Waals surface area contributed by atoms with Gasteiger partial charge in [0.05, 0.1) is 31.3 Å². The van der Waals surface area contributed by atoms with Crippen molar-refractivity contribution in [3.05, 3.63) is 0 Å². The molecule has 1 unspecified atom stereocenters. The molecule has 0 aromatic carbocycles. The fourth-order valence-corrected chi connectivity index (χ4v) is 3.25. The summed E-state index contributed by atoms with van der Waals surface area (Å²) in [7, 11) is -1.40. The SMILES string of the molecule is COCCOCCNC(=O)CC1CS(=O)(=O)CCN1. The minimum Gasteiger partial charge on any atom is -0.382 e. The summed E-state index contributed by atoms with van der Waals surface area (Å²) in [5, 5.41) is 5.73. The maximum Gasteiger partial charge on any atom is 0.221 e. The lowest BCUT2D eigenvalue weighted by atomic mass is 10.2. The average molecular weight is 294 g/mol. The van der Waals surface area contributed by atoms with Crippen molar-refractivity contribution in [1.29, 1.82) is 0 Å². The molecule has 1 saturated heterocycles. The fourth-order valence-electron chi connectivity index (χ4n) is 1.80. The number of amides is 1. The molecule has 0 bridgehead atoms. The number of hydrogen-bond acceptors (Lipinski definition) is 6. The summed E-state index contributed by atoms with van der Waals surface area (Å²) < 4.78 is 32.8. The van der Waals surface area contributed by atoms with Crippen LogP contribution in [0.1, 0.15) is 6.42 Å². The third kappa shape index (κ3) is 7.46. The smallest absolute Gasteiger partial charge is 0.221 e. The highest BCUT2D eigenvalue weighted by molar-refractivity contribution is 7.91. The van der Waals surface area contributed by atoms with Crippen LogP contribution in [0.15, 0.2) is 0 Å². The van der Waals surface area contributed by atoms with Crippen molar-refractivity contribution in [3.8, 4) is 0 Å². The summed E-state index contributed by atoms with van der Waals surface area (Å²) in [6.45, 7) is 2.28. The third-order valence-electron chi connectivity index (χ3n) is 2.73. The van der Waals surface area contributed by atoms with Crippen LogP contribution >= 0.6 is 0 Å². The number of nitrogens with one attached hydrogen (secondary N) is 2. The second kappa shape index (κ2) is 8.47. The van der Waals surface area contributed by atoms with E-state index in [0.29, 0.717) is 32.9 Å². The second-order valence-electron chi connectivity index (χ2n) is 4.42. The Kier molecular flexibility index (Phi) is 7.29. The lowest BCUT2D eigenvalue weighted by Gasteiger charge is -2.23. The number of carbonyl (C=O) groups excluding carboxylic acids is 1. The fraction of sp³-hybridized carbons (Fsp3) is 0.909. The molecule has 0 aromatic rings. The molecule has 1 aliphatic rings. The molecule has 0 aliphatic carbocycles. The first-order valence-electron chi connectivity index (χ1n) is 6.30. The number of ether oxygens (including phenoxy) is 2. The van der Waals surface area contributed by atoms with Crippen molar-refractivity contribution in [1.82, 2.24) is 10.6 Å². The van der Waals surface area contributed by atoms with Crippen LogP contribution in [0, 0.1) is 0 Å². The third-order valence-corrected chi connectivity index (χ3v) is 4.47. The highest BCUT2D eigenvalue weighted by Gasteiger charge is 2.25. The van der Waals surface area contributed by atoms with E-state index < -0.39 is 9.84 Å². The van der Waals surface area contributed by atoms with E-state index in [1.54, 1.807) is 7.11 Å². The highest BCUT2D eigenvalue weighted by atomic mass is 32.2. The van der Waals surface area contributed by atoms with Gasteiger partial charge < -0.3 is 20.1 Å². The minimum atomic E-state index is -2.99. The van der Waals surface area contributed by atoms with Gasteiger partial charge in [-0.15, -0.1) is 0 Å². The highest BCUT2D eigenvalue weighted by Crippen LogP contribution is 2.04. The lowest BCUT2D eigenvalue weighted by molar-refractivity contribution is -0.121. The molecule has 0 spiro atoms. The number of carbonyl (C=O) groups is 1. The zero-order valence-corrected chi connectivity index (χ0v) is 12.0. The first kappa shape index (κ1) is 16.4. The predicted octanol–water partition coefficient (Wildman–Crippen LogP) is -1.46. The number of methoxy groups -OCH3 is 1. The quantitative estimate of drug-likeness (QED) is 0.532. The summed E-state index contributed by atoms with van der Waals surface area (Å²) in [6, 6.07) is -0.284. The van der Waals surface area contributed by atoms with Gasteiger partial charge in [-0.3, -0.25) is 4.79 Å². The Morgan fingerprint density at radius 3 is 2.84 bits per heavy atom. The lowest BCUT2D eigenvalue weighted by Crippen LogP contribution is -2.47. The van der Waals surface area contributed by atoms with Crippen LogP contribution in [0.25, 0.3) is 0 Å². The van der Waals surface area contributed by atoms with Crippen molar-refractivity contribution in [2.24, 2.45) is 0 Å².